The van der Waals surface area contributed by atoms with E-state index >= 15 is 0 Å². The Morgan fingerprint density at radius 1 is 1.50 bits per heavy atom. The molecule has 92 valence electrons. The molecule has 2 atom stereocenters. The Morgan fingerprint density at radius 3 is 2.25 bits per heavy atom. The van der Waals surface area contributed by atoms with E-state index in [0.717, 1.165) is 19.3 Å². The molecule has 4 nitrogen and oxygen atoms in total. The summed E-state index contributed by atoms with van der Waals surface area (Å²) in [5.74, 6) is -2.16. The number of nitrogens with zero attached hydrogens (tertiary/aromatic N) is 1. The minimum absolute atomic E-state index is 0.378. The highest BCUT2D eigenvalue weighted by Gasteiger charge is 2.38. The summed E-state index contributed by atoms with van der Waals surface area (Å²) in [6.45, 7) is 0. The van der Waals surface area contributed by atoms with E-state index in [4.69, 9.17) is 20.9 Å². The van der Waals surface area contributed by atoms with E-state index in [1.165, 1.54) is 0 Å². The van der Waals surface area contributed by atoms with Crippen LogP contribution < -0.4 is 5.73 Å². The number of aliphatic carboxylic acids is 1. The number of nitriles is 1. The van der Waals surface area contributed by atoms with Crippen LogP contribution in [-0.2, 0) is 4.79 Å². The SMILES string of the molecule is N#CC[C@@H]1CC[C@H](N)C1.O=C(O)C(F)(F)F. The van der Waals surface area contributed by atoms with Crippen LogP contribution in [0.2, 0.25) is 0 Å². The Balaban J connectivity index is 0.000000293. The molecule has 1 fully saturated rings. The monoisotopic (exact) mass is 238 g/mol. The van der Waals surface area contributed by atoms with Gasteiger partial charge in [-0.3, -0.25) is 0 Å². The van der Waals surface area contributed by atoms with E-state index in [1.807, 2.05) is 0 Å². The maximum Gasteiger partial charge on any atom is 0.490 e. The first-order chi connectivity index (χ1) is 7.27. The van der Waals surface area contributed by atoms with Crippen LogP contribution in [0, 0.1) is 17.2 Å². The van der Waals surface area contributed by atoms with Crippen molar-refractivity contribution in [3.05, 3.63) is 0 Å². The summed E-state index contributed by atoms with van der Waals surface area (Å²) in [5, 5.41) is 15.4. The lowest BCUT2D eigenvalue weighted by atomic mass is 10.1. The third-order valence-corrected chi connectivity index (χ3v) is 2.20. The lowest BCUT2D eigenvalue weighted by Gasteiger charge is -2.00. The van der Waals surface area contributed by atoms with E-state index in [-0.39, 0.29) is 0 Å². The molecule has 0 radical (unpaired) electrons. The molecule has 0 saturated heterocycles. The highest BCUT2D eigenvalue weighted by atomic mass is 19.4. The second kappa shape index (κ2) is 6.33. The highest BCUT2D eigenvalue weighted by Crippen LogP contribution is 2.26. The van der Waals surface area contributed by atoms with Gasteiger partial charge in [0.1, 0.15) is 0 Å². The molecule has 0 bridgehead atoms. The summed E-state index contributed by atoms with van der Waals surface area (Å²) in [6, 6.07) is 2.55. The molecule has 0 aliphatic heterocycles. The zero-order valence-corrected chi connectivity index (χ0v) is 8.50. The summed E-state index contributed by atoms with van der Waals surface area (Å²) >= 11 is 0. The van der Waals surface area contributed by atoms with Gasteiger partial charge in [0.05, 0.1) is 6.07 Å². The van der Waals surface area contributed by atoms with Crippen molar-refractivity contribution in [1.82, 2.24) is 0 Å². The van der Waals surface area contributed by atoms with E-state index in [2.05, 4.69) is 6.07 Å². The molecule has 0 aromatic rings. The van der Waals surface area contributed by atoms with Crippen LogP contribution in [0.4, 0.5) is 13.2 Å². The predicted molar refractivity (Wildman–Crippen MR) is 49.2 cm³/mol. The van der Waals surface area contributed by atoms with E-state index in [1.54, 1.807) is 0 Å². The summed E-state index contributed by atoms with van der Waals surface area (Å²) in [6.07, 6.45) is -1.04. The second-order valence-corrected chi connectivity index (χ2v) is 3.60. The number of carbonyl (C=O) groups is 1. The van der Waals surface area contributed by atoms with Gasteiger partial charge in [-0.15, -0.1) is 0 Å². The van der Waals surface area contributed by atoms with Crippen LogP contribution in [0.25, 0.3) is 0 Å². The molecule has 1 aliphatic rings. The number of nitrogens with two attached hydrogens (primary N) is 1. The molecule has 3 N–H and O–H groups in total. The van der Waals surface area contributed by atoms with Gasteiger partial charge in [0.2, 0.25) is 0 Å². The van der Waals surface area contributed by atoms with Crippen molar-refractivity contribution < 1.29 is 23.1 Å². The summed E-state index contributed by atoms with van der Waals surface area (Å²) in [7, 11) is 0. The fourth-order valence-electron chi connectivity index (χ4n) is 1.43. The van der Waals surface area contributed by atoms with E-state index < -0.39 is 12.1 Å². The van der Waals surface area contributed by atoms with Crippen LogP contribution in [0.5, 0.6) is 0 Å². The van der Waals surface area contributed by atoms with Crippen molar-refractivity contribution in [1.29, 1.82) is 5.26 Å². The second-order valence-electron chi connectivity index (χ2n) is 3.60. The maximum absolute atomic E-state index is 10.6. The van der Waals surface area contributed by atoms with Gasteiger partial charge >= 0.3 is 12.1 Å². The first-order valence-corrected chi connectivity index (χ1v) is 4.70. The molecule has 0 heterocycles. The van der Waals surface area contributed by atoms with E-state index in [0.29, 0.717) is 18.4 Å². The largest absolute Gasteiger partial charge is 0.490 e. The zero-order valence-electron chi connectivity index (χ0n) is 8.50. The van der Waals surface area contributed by atoms with Gasteiger partial charge in [-0.2, -0.15) is 18.4 Å². The van der Waals surface area contributed by atoms with Gasteiger partial charge in [0.25, 0.3) is 0 Å². The number of alkyl halides is 3. The molecule has 0 amide bonds. The quantitative estimate of drug-likeness (QED) is 0.727. The number of carboxylic acids is 1. The summed E-state index contributed by atoms with van der Waals surface area (Å²) in [5.41, 5.74) is 5.65. The normalized spacial score (nSPS) is 24.2. The van der Waals surface area contributed by atoms with Crippen molar-refractivity contribution in [2.24, 2.45) is 11.7 Å². The molecule has 0 unspecified atom stereocenters. The topological polar surface area (TPSA) is 87.1 Å². The minimum Gasteiger partial charge on any atom is -0.475 e. The Kier molecular flexibility index (Phi) is 5.82. The molecule has 0 aromatic heterocycles. The summed E-state index contributed by atoms with van der Waals surface area (Å²) < 4.78 is 31.7. The first-order valence-electron chi connectivity index (χ1n) is 4.70. The smallest absolute Gasteiger partial charge is 0.475 e. The van der Waals surface area contributed by atoms with E-state index in [9.17, 15) is 13.2 Å². The van der Waals surface area contributed by atoms with Gasteiger partial charge in [-0.1, -0.05) is 0 Å². The lowest BCUT2D eigenvalue weighted by molar-refractivity contribution is -0.192. The number of carboxylic acid groups (broad SMARTS) is 1. The molecule has 1 saturated carbocycles. The molecule has 0 spiro atoms. The molecular weight excluding hydrogens is 225 g/mol. The molecule has 1 aliphatic carbocycles. The van der Waals surface area contributed by atoms with Crippen molar-refractivity contribution in [2.75, 3.05) is 0 Å². The number of rotatable bonds is 1. The van der Waals surface area contributed by atoms with Gasteiger partial charge in [-0.25, -0.2) is 4.79 Å². The number of hydrogen-bond acceptors (Lipinski definition) is 3. The fourth-order valence-corrected chi connectivity index (χ4v) is 1.43. The number of hydrogen-bond donors (Lipinski definition) is 2. The standard InChI is InChI=1S/C7H12N2.C2HF3O2/c8-4-3-6-1-2-7(9)5-6;3-2(4,5)1(6)7/h6-7H,1-3,5,9H2;(H,6,7)/t6-,7-;/m0./s1. The van der Waals surface area contributed by atoms with Gasteiger partial charge in [-0.05, 0) is 25.2 Å². The minimum atomic E-state index is -5.08. The Bertz CT molecular complexity index is 273. The lowest BCUT2D eigenvalue weighted by Crippen LogP contribution is -2.21. The van der Waals surface area contributed by atoms with Gasteiger partial charge in [0.15, 0.2) is 0 Å². The van der Waals surface area contributed by atoms with Crippen LogP contribution in [-0.4, -0.2) is 23.3 Å². The van der Waals surface area contributed by atoms with Crippen LogP contribution in [0.1, 0.15) is 25.7 Å². The molecule has 16 heavy (non-hydrogen) atoms. The van der Waals surface area contributed by atoms with Crippen molar-refractivity contribution in [3.8, 4) is 6.07 Å². The van der Waals surface area contributed by atoms with Crippen molar-refractivity contribution >= 4 is 5.97 Å². The summed E-state index contributed by atoms with van der Waals surface area (Å²) in [4.78, 5) is 8.90. The van der Waals surface area contributed by atoms with Crippen LogP contribution >= 0.6 is 0 Å². The first kappa shape index (κ1) is 14.7. The highest BCUT2D eigenvalue weighted by molar-refractivity contribution is 5.73. The third-order valence-electron chi connectivity index (χ3n) is 2.20. The Labute approximate surface area is 90.8 Å². The average molecular weight is 238 g/mol. The Hall–Kier alpha value is -1.29. The van der Waals surface area contributed by atoms with Gasteiger partial charge < -0.3 is 10.8 Å². The molecule has 1 rings (SSSR count). The zero-order chi connectivity index (χ0) is 12.8. The van der Waals surface area contributed by atoms with Crippen molar-refractivity contribution in [2.45, 2.75) is 37.9 Å². The third kappa shape index (κ3) is 6.24. The van der Waals surface area contributed by atoms with Gasteiger partial charge in [0, 0.05) is 12.5 Å². The van der Waals surface area contributed by atoms with Crippen LogP contribution in [0.3, 0.4) is 0 Å². The average Bonchev–Trinajstić information content (AvgIpc) is 2.51. The number of halogens is 3. The molecule has 0 aromatic carbocycles. The van der Waals surface area contributed by atoms with Crippen molar-refractivity contribution in [3.63, 3.8) is 0 Å². The molecular formula is C9H13F3N2O2. The predicted octanol–water partition coefficient (Wildman–Crippen LogP) is 1.66. The Morgan fingerprint density at radius 2 is 2.00 bits per heavy atom. The van der Waals surface area contributed by atoms with Crippen LogP contribution in [0.15, 0.2) is 0 Å². The fraction of sp³-hybridized carbons (Fsp3) is 0.778. The molecule has 7 heteroatoms. The maximum atomic E-state index is 10.6.